The largest absolute Gasteiger partial charge is 0.335 e. The predicted octanol–water partition coefficient (Wildman–Crippen LogP) is 2.08. The van der Waals surface area contributed by atoms with Crippen LogP contribution in [-0.4, -0.2) is 43.6 Å². The van der Waals surface area contributed by atoms with Gasteiger partial charge in [0.15, 0.2) is 0 Å². The number of hydrogen-bond acceptors (Lipinski definition) is 4. The zero-order valence-electron chi connectivity index (χ0n) is 13.3. The van der Waals surface area contributed by atoms with E-state index in [2.05, 4.69) is 32.7 Å². The van der Waals surface area contributed by atoms with Crippen molar-refractivity contribution in [2.24, 2.45) is 0 Å². The van der Waals surface area contributed by atoms with Crippen LogP contribution in [0.15, 0.2) is 18.3 Å². The average Bonchev–Trinajstić information content (AvgIpc) is 2.85. The van der Waals surface area contributed by atoms with Gasteiger partial charge in [-0.3, -0.25) is 9.48 Å². The van der Waals surface area contributed by atoms with Crippen LogP contribution in [0, 0.1) is 20.8 Å². The zero-order valence-corrected chi connectivity index (χ0v) is 13.3. The fraction of sp³-hybridized carbons (Fsp3) is 0.500. The number of hydrogen-bond donors (Lipinski definition) is 0. The van der Waals surface area contributed by atoms with Gasteiger partial charge in [0.05, 0.1) is 11.7 Å². The summed E-state index contributed by atoms with van der Waals surface area (Å²) in [5, 5.41) is 4.57. The highest BCUT2D eigenvalue weighted by atomic mass is 16.2. The standard InChI is InChI=1S/C16H21N5O/c1-11-9-12(2)21(19-11)14-5-4-8-20(10-14)16(22)15-6-7-17-13(3)18-15/h6-7,9,14H,4-5,8,10H2,1-3H3/t14-/m0/s1. The van der Waals surface area contributed by atoms with Gasteiger partial charge in [0.25, 0.3) is 5.91 Å². The van der Waals surface area contributed by atoms with Gasteiger partial charge in [-0.05, 0) is 45.7 Å². The Balaban J connectivity index is 1.78. The van der Waals surface area contributed by atoms with Crippen LogP contribution in [0.5, 0.6) is 0 Å². The molecule has 2 aromatic heterocycles. The van der Waals surface area contributed by atoms with E-state index >= 15 is 0 Å². The van der Waals surface area contributed by atoms with Crippen LogP contribution in [0.4, 0.5) is 0 Å². The van der Waals surface area contributed by atoms with Crippen LogP contribution in [0.25, 0.3) is 0 Å². The summed E-state index contributed by atoms with van der Waals surface area (Å²) in [6.07, 6.45) is 3.67. The summed E-state index contributed by atoms with van der Waals surface area (Å²) in [7, 11) is 0. The lowest BCUT2D eigenvalue weighted by molar-refractivity contribution is 0.0665. The highest BCUT2D eigenvalue weighted by Gasteiger charge is 2.27. The first kappa shape index (κ1) is 14.7. The van der Waals surface area contributed by atoms with Gasteiger partial charge in [0.2, 0.25) is 0 Å². The zero-order chi connectivity index (χ0) is 15.7. The number of piperidine rings is 1. The van der Waals surface area contributed by atoms with E-state index in [4.69, 9.17) is 0 Å². The molecule has 6 heteroatoms. The molecule has 0 aliphatic carbocycles. The monoisotopic (exact) mass is 299 g/mol. The number of amides is 1. The van der Waals surface area contributed by atoms with Gasteiger partial charge in [0.1, 0.15) is 11.5 Å². The third-order valence-corrected chi connectivity index (χ3v) is 4.07. The van der Waals surface area contributed by atoms with E-state index in [-0.39, 0.29) is 11.9 Å². The molecular weight excluding hydrogens is 278 g/mol. The summed E-state index contributed by atoms with van der Waals surface area (Å²) in [5.74, 6) is 0.606. The Morgan fingerprint density at radius 1 is 1.32 bits per heavy atom. The molecule has 3 rings (SSSR count). The first-order chi connectivity index (χ1) is 10.5. The normalized spacial score (nSPS) is 18.5. The minimum atomic E-state index is -0.0169. The number of carbonyl (C=O) groups excluding carboxylic acids is 1. The quantitative estimate of drug-likeness (QED) is 0.851. The average molecular weight is 299 g/mol. The van der Waals surface area contributed by atoms with Crippen LogP contribution in [0.1, 0.15) is 46.6 Å². The molecule has 0 saturated carbocycles. The molecule has 0 bridgehead atoms. The molecule has 1 atom stereocenters. The summed E-state index contributed by atoms with van der Waals surface area (Å²) in [6.45, 7) is 7.32. The topological polar surface area (TPSA) is 63.9 Å². The minimum absolute atomic E-state index is 0.0169. The van der Waals surface area contributed by atoms with Crippen LogP contribution in [0.2, 0.25) is 0 Å². The summed E-state index contributed by atoms with van der Waals surface area (Å²) in [4.78, 5) is 22.8. The molecule has 1 aliphatic rings. The molecule has 1 saturated heterocycles. The molecule has 0 unspecified atom stereocenters. The third kappa shape index (κ3) is 2.86. The smallest absolute Gasteiger partial charge is 0.272 e. The van der Waals surface area contributed by atoms with Crippen molar-refractivity contribution in [2.45, 2.75) is 39.7 Å². The summed E-state index contributed by atoms with van der Waals surface area (Å²) >= 11 is 0. The van der Waals surface area contributed by atoms with Crippen molar-refractivity contribution < 1.29 is 4.79 Å². The Bertz CT molecular complexity index is 694. The number of likely N-dealkylation sites (tertiary alicyclic amines) is 1. The Kier molecular flexibility index (Phi) is 3.92. The summed E-state index contributed by atoms with van der Waals surface area (Å²) < 4.78 is 2.06. The lowest BCUT2D eigenvalue weighted by Gasteiger charge is -2.33. The SMILES string of the molecule is Cc1cc(C)n([C@H]2CCCN(C(=O)c3ccnc(C)n3)C2)n1. The van der Waals surface area contributed by atoms with Gasteiger partial charge in [-0.25, -0.2) is 9.97 Å². The third-order valence-electron chi connectivity index (χ3n) is 4.07. The summed E-state index contributed by atoms with van der Waals surface area (Å²) in [5.41, 5.74) is 2.64. The molecule has 2 aromatic rings. The molecule has 1 fully saturated rings. The van der Waals surface area contributed by atoms with Crippen LogP contribution in [-0.2, 0) is 0 Å². The van der Waals surface area contributed by atoms with Gasteiger partial charge in [-0.1, -0.05) is 0 Å². The number of carbonyl (C=O) groups is 1. The lowest BCUT2D eigenvalue weighted by Crippen LogP contribution is -2.41. The van der Waals surface area contributed by atoms with E-state index in [1.807, 2.05) is 11.8 Å². The van der Waals surface area contributed by atoms with Crippen molar-refractivity contribution in [1.29, 1.82) is 0 Å². The molecule has 22 heavy (non-hydrogen) atoms. The first-order valence-electron chi connectivity index (χ1n) is 7.66. The second-order valence-electron chi connectivity index (χ2n) is 5.91. The van der Waals surface area contributed by atoms with E-state index in [1.54, 1.807) is 19.2 Å². The van der Waals surface area contributed by atoms with Gasteiger partial charge in [-0.2, -0.15) is 5.10 Å². The highest BCUT2D eigenvalue weighted by Crippen LogP contribution is 2.23. The molecular formula is C16H21N5O. The van der Waals surface area contributed by atoms with Gasteiger partial charge in [-0.15, -0.1) is 0 Å². The molecule has 0 aromatic carbocycles. The number of aryl methyl sites for hydroxylation is 3. The summed E-state index contributed by atoms with van der Waals surface area (Å²) in [6, 6.07) is 4.01. The Morgan fingerprint density at radius 3 is 2.82 bits per heavy atom. The van der Waals surface area contributed by atoms with E-state index in [0.717, 1.165) is 30.8 Å². The van der Waals surface area contributed by atoms with E-state index in [9.17, 15) is 4.79 Å². The second-order valence-corrected chi connectivity index (χ2v) is 5.91. The highest BCUT2D eigenvalue weighted by molar-refractivity contribution is 5.92. The maximum atomic E-state index is 12.6. The molecule has 6 nitrogen and oxygen atoms in total. The van der Waals surface area contributed by atoms with Gasteiger partial charge >= 0.3 is 0 Å². The maximum absolute atomic E-state index is 12.6. The van der Waals surface area contributed by atoms with Crippen molar-refractivity contribution in [3.05, 3.63) is 41.2 Å². The first-order valence-corrected chi connectivity index (χ1v) is 7.66. The molecule has 0 radical (unpaired) electrons. The fourth-order valence-corrected chi connectivity index (χ4v) is 3.09. The Labute approximate surface area is 130 Å². The predicted molar refractivity (Wildman–Crippen MR) is 82.6 cm³/mol. The fourth-order valence-electron chi connectivity index (χ4n) is 3.09. The van der Waals surface area contributed by atoms with Crippen molar-refractivity contribution in [1.82, 2.24) is 24.6 Å². The van der Waals surface area contributed by atoms with E-state index in [1.165, 1.54) is 0 Å². The molecule has 0 spiro atoms. The number of nitrogens with zero attached hydrogens (tertiary/aromatic N) is 5. The molecule has 1 aliphatic heterocycles. The molecule has 1 amide bonds. The lowest BCUT2D eigenvalue weighted by atomic mass is 10.1. The Hall–Kier alpha value is -2.24. The van der Waals surface area contributed by atoms with E-state index < -0.39 is 0 Å². The number of aromatic nitrogens is 4. The second kappa shape index (κ2) is 5.87. The van der Waals surface area contributed by atoms with E-state index in [0.29, 0.717) is 18.1 Å². The number of rotatable bonds is 2. The van der Waals surface area contributed by atoms with Crippen LogP contribution < -0.4 is 0 Å². The molecule has 3 heterocycles. The Morgan fingerprint density at radius 2 is 2.14 bits per heavy atom. The van der Waals surface area contributed by atoms with Gasteiger partial charge < -0.3 is 4.90 Å². The van der Waals surface area contributed by atoms with Crippen LogP contribution in [0.3, 0.4) is 0 Å². The van der Waals surface area contributed by atoms with Crippen molar-refractivity contribution in [2.75, 3.05) is 13.1 Å². The van der Waals surface area contributed by atoms with Gasteiger partial charge in [0, 0.05) is 25.0 Å². The molecule has 0 N–H and O–H groups in total. The van der Waals surface area contributed by atoms with Crippen LogP contribution >= 0.6 is 0 Å². The minimum Gasteiger partial charge on any atom is -0.335 e. The maximum Gasteiger partial charge on any atom is 0.272 e. The van der Waals surface area contributed by atoms with Crippen molar-refractivity contribution >= 4 is 5.91 Å². The van der Waals surface area contributed by atoms with Crippen molar-refractivity contribution in [3.63, 3.8) is 0 Å². The molecule has 116 valence electrons. The van der Waals surface area contributed by atoms with Crippen molar-refractivity contribution in [3.8, 4) is 0 Å².